The first kappa shape index (κ1) is 17.5. The van der Waals surface area contributed by atoms with Crippen molar-refractivity contribution < 1.29 is 19.4 Å². The number of esters is 1. The Hall–Kier alpha value is -2.37. The van der Waals surface area contributed by atoms with E-state index in [1.165, 1.54) is 0 Å². The van der Waals surface area contributed by atoms with Crippen molar-refractivity contribution in [2.75, 3.05) is 20.2 Å². The number of carbonyl (C=O) groups is 1. The van der Waals surface area contributed by atoms with Gasteiger partial charge in [-0.2, -0.15) is 0 Å². The van der Waals surface area contributed by atoms with E-state index in [-0.39, 0.29) is 0 Å². The summed E-state index contributed by atoms with van der Waals surface area (Å²) in [4.78, 5) is 12.6. The number of methoxy groups -OCH3 is 1. The molecule has 2 aromatic rings. The number of piperidine rings is 1. The second kappa shape index (κ2) is 7.68. The van der Waals surface area contributed by atoms with Gasteiger partial charge in [-0.1, -0.05) is 42.5 Å². The average Bonchev–Trinajstić information content (AvgIpc) is 2.69. The van der Waals surface area contributed by atoms with Crippen molar-refractivity contribution in [1.29, 1.82) is 0 Å². The zero-order valence-corrected chi connectivity index (χ0v) is 14.3. The Kier molecular flexibility index (Phi) is 5.36. The summed E-state index contributed by atoms with van der Waals surface area (Å²) in [5.74, 6) is 0.0411. The molecule has 5 nitrogen and oxygen atoms in total. The van der Waals surface area contributed by atoms with Gasteiger partial charge in [0.25, 0.3) is 0 Å². The topological polar surface area (TPSA) is 67.8 Å². The lowest BCUT2D eigenvalue weighted by Crippen LogP contribution is -2.43. The lowest BCUT2D eigenvalue weighted by atomic mass is 9.84. The fourth-order valence-corrected chi connectivity index (χ4v) is 3.19. The van der Waals surface area contributed by atoms with Gasteiger partial charge in [0.15, 0.2) is 6.10 Å². The van der Waals surface area contributed by atoms with Gasteiger partial charge in [0.1, 0.15) is 11.4 Å². The normalized spacial score (nSPS) is 17.5. The molecule has 2 aromatic carbocycles. The number of aliphatic hydroxyl groups excluding tert-OH is 1. The highest BCUT2D eigenvalue weighted by Crippen LogP contribution is 2.36. The Morgan fingerprint density at radius 3 is 2.32 bits per heavy atom. The first-order valence-electron chi connectivity index (χ1n) is 8.46. The minimum absolute atomic E-state index is 0.489. The summed E-state index contributed by atoms with van der Waals surface area (Å²) in [5, 5.41) is 13.7. The number of benzene rings is 2. The van der Waals surface area contributed by atoms with Crippen molar-refractivity contribution in [3.05, 3.63) is 65.7 Å². The van der Waals surface area contributed by atoms with Crippen LogP contribution in [0.4, 0.5) is 0 Å². The molecule has 1 saturated heterocycles. The quantitative estimate of drug-likeness (QED) is 0.818. The van der Waals surface area contributed by atoms with Gasteiger partial charge in [-0.05, 0) is 36.3 Å². The second-order valence-corrected chi connectivity index (χ2v) is 6.21. The molecule has 0 aliphatic carbocycles. The fraction of sp³-hybridized carbons (Fsp3) is 0.350. The Morgan fingerprint density at radius 1 is 1.08 bits per heavy atom. The number of aliphatic hydroxyl groups is 1. The van der Waals surface area contributed by atoms with Crippen molar-refractivity contribution in [3.8, 4) is 5.75 Å². The van der Waals surface area contributed by atoms with Gasteiger partial charge < -0.3 is 19.9 Å². The molecule has 0 aromatic heterocycles. The number of rotatable bonds is 5. The lowest BCUT2D eigenvalue weighted by Gasteiger charge is -2.38. The van der Waals surface area contributed by atoms with Crippen molar-refractivity contribution in [1.82, 2.24) is 5.32 Å². The molecular formula is C20H23NO4. The predicted octanol–water partition coefficient (Wildman–Crippen LogP) is 2.55. The molecule has 3 rings (SSSR count). The molecule has 0 radical (unpaired) electrons. The molecule has 1 aliphatic rings. The molecule has 0 bridgehead atoms. The maximum absolute atomic E-state index is 12.6. The van der Waals surface area contributed by atoms with Crippen LogP contribution in [0, 0.1) is 0 Å². The average molecular weight is 341 g/mol. The summed E-state index contributed by atoms with van der Waals surface area (Å²) in [6.45, 7) is 1.53. The minimum atomic E-state index is -1.32. The third kappa shape index (κ3) is 3.83. The molecule has 5 heteroatoms. The number of nitrogens with one attached hydrogen (secondary N) is 1. The van der Waals surface area contributed by atoms with Crippen molar-refractivity contribution in [3.63, 3.8) is 0 Å². The van der Waals surface area contributed by atoms with Crippen LogP contribution in [0.5, 0.6) is 5.75 Å². The van der Waals surface area contributed by atoms with Crippen LogP contribution in [0.1, 0.15) is 30.1 Å². The van der Waals surface area contributed by atoms with Crippen LogP contribution in [0.3, 0.4) is 0 Å². The third-order valence-corrected chi connectivity index (χ3v) is 4.66. The number of ether oxygens (including phenoxy) is 2. The van der Waals surface area contributed by atoms with E-state index >= 15 is 0 Å². The maximum Gasteiger partial charge on any atom is 0.340 e. The monoisotopic (exact) mass is 341 g/mol. The van der Waals surface area contributed by atoms with Crippen LogP contribution in [0.15, 0.2) is 54.6 Å². The highest BCUT2D eigenvalue weighted by Gasteiger charge is 2.39. The Bertz CT molecular complexity index is 693. The summed E-state index contributed by atoms with van der Waals surface area (Å²) in [6, 6.07) is 16.5. The maximum atomic E-state index is 12.6. The van der Waals surface area contributed by atoms with Gasteiger partial charge in [0.05, 0.1) is 7.11 Å². The molecule has 1 fully saturated rings. The molecule has 0 spiro atoms. The zero-order valence-electron chi connectivity index (χ0n) is 14.3. The van der Waals surface area contributed by atoms with Gasteiger partial charge in [0.2, 0.25) is 0 Å². The smallest absolute Gasteiger partial charge is 0.340 e. The van der Waals surface area contributed by atoms with Crippen LogP contribution < -0.4 is 10.1 Å². The van der Waals surface area contributed by atoms with Crippen LogP contribution in [0.2, 0.25) is 0 Å². The van der Waals surface area contributed by atoms with Crippen LogP contribution in [-0.2, 0) is 15.1 Å². The first-order valence-corrected chi connectivity index (χ1v) is 8.46. The first-order chi connectivity index (χ1) is 12.1. The summed E-state index contributed by atoms with van der Waals surface area (Å²) in [5.41, 5.74) is 0.756. The molecule has 25 heavy (non-hydrogen) atoms. The molecular weight excluding hydrogens is 318 g/mol. The van der Waals surface area contributed by atoms with Crippen molar-refractivity contribution in [2.45, 2.75) is 24.5 Å². The fourth-order valence-electron chi connectivity index (χ4n) is 3.19. The van der Waals surface area contributed by atoms with E-state index in [4.69, 9.17) is 9.47 Å². The highest BCUT2D eigenvalue weighted by molar-refractivity contribution is 5.77. The second-order valence-electron chi connectivity index (χ2n) is 6.21. The van der Waals surface area contributed by atoms with Crippen LogP contribution in [0.25, 0.3) is 0 Å². The predicted molar refractivity (Wildman–Crippen MR) is 94.3 cm³/mol. The molecule has 0 amide bonds. The third-order valence-electron chi connectivity index (χ3n) is 4.66. The Balaban J connectivity index is 1.80. The minimum Gasteiger partial charge on any atom is -0.497 e. The number of hydrogen-bond acceptors (Lipinski definition) is 5. The largest absolute Gasteiger partial charge is 0.497 e. The van der Waals surface area contributed by atoms with Gasteiger partial charge in [-0.25, -0.2) is 4.79 Å². The van der Waals surface area contributed by atoms with Crippen molar-refractivity contribution in [2.24, 2.45) is 0 Å². The van der Waals surface area contributed by atoms with E-state index in [9.17, 15) is 9.90 Å². The summed E-state index contributed by atoms with van der Waals surface area (Å²) < 4.78 is 11.0. The van der Waals surface area contributed by atoms with Crippen molar-refractivity contribution >= 4 is 5.97 Å². The molecule has 0 saturated carbocycles. The lowest BCUT2D eigenvalue weighted by molar-refractivity contribution is -0.175. The summed E-state index contributed by atoms with van der Waals surface area (Å²) >= 11 is 0. The molecule has 2 N–H and O–H groups in total. The molecule has 1 heterocycles. The SMILES string of the molecule is COc1ccc(C(O)C(=O)OC2(c3ccccc3)CCNCC2)cc1. The van der Waals surface area contributed by atoms with Gasteiger partial charge in [-0.3, -0.25) is 0 Å². The molecule has 132 valence electrons. The number of carbonyl (C=O) groups excluding carboxylic acids is 1. The number of hydrogen-bond donors (Lipinski definition) is 2. The Labute approximate surface area is 147 Å². The highest BCUT2D eigenvalue weighted by atomic mass is 16.6. The van der Waals surface area contributed by atoms with Gasteiger partial charge in [-0.15, -0.1) is 0 Å². The van der Waals surface area contributed by atoms with Crippen LogP contribution in [-0.4, -0.2) is 31.3 Å². The van der Waals surface area contributed by atoms with Gasteiger partial charge >= 0.3 is 5.97 Å². The summed E-state index contributed by atoms with van der Waals surface area (Å²) in [6.07, 6.45) is 0.0391. The van der Waals surface area contributed by atoms with E-state index in [0.717, 1.165) is 18.7 Å². The molecule has 1 atom stereocenters. The zero-order chi connectivity index (χ0) is 17.7. The van der Waals surface area contributed by atoms with Crippen LogP contribution >= 0.6 is 0 Å². The Morgan fingerprint density at radius 2 is 1.72 bits per heavy atom. The van der Waals surface area contributed by atoms with E-state index < -0.39 is 17.7 Å². The van der Waals surface area contributed by atoms with E-state index in [0.29, 0.717) is 24.2 Å². The summed E-state index contributed by atoms with van der Waals surface area (Å²) in [7, 11) is 1.57. The molecule has 1 aliphatic heterocycles. The van der Waals surface area contributed by atoms with E-state index in [1.54, 1.807) is 31.4 Å². The van der Waals surface area contributed by atoms with E-state index in [1.807, 2.05) is 30.3 Å². The standard InChI is InChI=1S/C20H23NO4/c1-24-17-9-7-15(8-10-17)18(22)19(23)25-20(11-13-21-14-12-20)16-5-3-2-4-6-16/h2-10,18,21-22H,11-14H2,1H3. The van der Waals surface area contributed by atoms with E-state index in [2.05, 4.69) is 5.32 Å². The van der Waals surface area contributed by atoms with Gasteiger partial charge in [0, 0.05) is 12.8 Å². The molecule has 1 unspecified atom stereocenters.